The summed E-state index contributed by atoms with van der Waals surface area (Å²) in [4.78, 5) is 0. The van der Waals surface area contributed by atoms with Crippen molar-refractivity contribution >= 4 is 5.52 Å². The first-order valence-electron chi connectivity index (χ1n) is 4.41. The zero-order valence-electron chi connectivity index (χ0n) is 7.91. The highest BCUT2D eigenvalue weighted by atomic mass is 16.3. The van der Waals surface area contributed by atoms with Crippen molar-refractivity contribution in [3.05, 3.63) is 41.2 Å². The predicted molar refractivity (Wildman–Crippen MR) is 52.8 cm³/mol. The van der Waals surface area contributed by atoms with Gasteiger partial charge in [0, 0.05) is 17.5 Å². The van der Waals surface area contributed by atoms with Crippen LogP contribution < -0.4 is 0 Å². The zero-order chi connectivity index (χ0) is 9.42. The monoisotopic (exact) mass is 175 g/mol. The fourth-order valence-corrected chi connectivity index (χ4v) is 1.83. The van der Waals surface area contributed by atoms with E-state index in [1.165, 1.54) is 11.3 Å². The minimum atomic E-state index is 0.113. The van der Waals surface area contributed by atoms with Crippen LogP contribution in [0.1, 0.15) is 16.8 Å². The number of fused-ring (bicyclic) bond motifs is 1. The van der Waals surface area contributed by atoms with E-state index in [1.54, 1.807) is 0 Å². The molecule has 2 heterocycles. The Bertz CT molecular complexity index is 443. The fraction of sp³-hybridized carbons (Fsp3) is 0.273. The standard InChI is InChI=1S/C11H13NO/c1-8-4-3-5-12-9(2)6-10(7-13)11(8)12/h3-6,13H,7H2,1-2H3. The predicted octanol–water partition coefficient (Wildman–Crippen LogP) is 2.05. The summed E-state index contributed by atoms with van der Waals surface area (Å²) in [5.74, 6) is 0. The number of rotatable bonds is 1. The van der Waals surface area contributed by atoms with Crippen LogP contribution in [-0.2, 0) is 6.61 Å². The van der Waals surface area contributed by atoms with Crippen LogP contribution in [0.25, 0.3) is 5.52 Å². The second kappa shape index (κ2) is 2.89. The van der Waals surface area contributed by atoms with Crippen molar-refractivity contribution in [1.82, 2.24) is 4.40 Å². The molecule has 68 valence electrons. The van der Waals surface area contributed by atoms with Gasteiger partial charge in [0.2, 0.25) is 0 Å². The van der Waals surface area contributed by atoms with Crippen LogP contribution in [0.3, 0.4) is 0 Å². The molecule has 0 aliphatic heterocycles. The first kappa shape index (κ1) is 8.32. The zero-order valence-corrected chi connectivity index (χ0v) is 7.91. The van der Waals surface area contributed by atoms with Gasteiger partial charge in [0.25, 0.3) is 0 Å². The Morgan fingerprint density at radius 3 is 2.85 bits per heavy atom. The number of aryl methyl sites for hydroxylation is 2. The number of hydrogen-bond donors (Lipinski definition) is 1. The number of aliphatic hydroxyl groups is 1. The van der Waals surface area contributed by atoms with E-state index in [1.807, 2.05) is 25.3 Å². The molecule has 0 spiro atoms. The summed E-state index contributed by atoms with van der Waals surface area (Å²) in [6, 6.07) is 6.12. The third kappa shape index (κ3) is 1.14. The first-order chi connectivity index (χ1) is 6.24. The molecule has 0 unspecified atom stereocenters. The van der Waals surface area contributed by atoms with E-state index in [2.05, 4.69) is 17.4 Å². The van der Waals surface area contributed by atoms with Gasteiger partial charge >= 0.3 is 0 Å². The molecule has 2 rings (SSSR count). The summed E-state index contributed by atoms with van der Waals surface area (Å²) in [6.07, 6.45) is 2.02. The van der Waals surface area contributed by atoms with E-state index in [0.717, 1.165) is 11.1 Å². The van der Waals surface area contributed by atoms with Crippen LogP contribution in [0.15, 0.2) is 24.4 Å². The van der Waals surface area contributed by atoms with E-state index in [9.17, 15) is 0 Å². The van der Waals surface area contributed by atoms with Gasteiger partial charge in [-0.25, -0.2) is 0 Å². The lowest BCUT2D eigenvalue weighted by Crippen LogP contribution is -1.89. The fourth-order valence-electron chi connectivity index (χ4n) is 1.83. The summed E-state index contributed by atoms with van der Waals surface area (Å²) < 4.78 is 2.11. The van der Waals surface area contributed by atoms with Crippen molar-refractivity contribution in [3.63, 3.8) is 0 Å². The van der Waals surface area contributed by atoms with Crippen LogP contribution >= 0.6 is 0 Å². The molecule has 2 aromatic heterocycles. The van der Waals surface area contributed by atoms with Gasteiger partial charge in [-0.2, -0.15) is 0 Å². The highest BCUT2D eigenvalue weighted by Crippen LogP contribution is 2.19. The molecular weight excluding hydrogens is 162 g/mol. The van der Waals surface area contributed by atoms with E-state index in [-0.39, 0.29) is 6.61 Å². The molecular formula is C11H13NO. The molecule has 0 aliphatic rings. The van der Waals surface area contributed by atoms with E-state index >= 15 is 0 Å². The van der Waals surface area contributed by atoms with Crippen LogP contribution in [0, 0.1) is 13.8 Å². The first-order valence-corrected chi connectivity index (χ1v) is 4.41. The number of hydrogen-bond acceptors (Lipinski definition) is 1. The Balaban J connectivity index is 2.89. The molecule has 0 aliphatic carbocycles. The quantitative estimate of drug-likeness (QED) is 0.704. The third-order valence-electron chi connectivity index (χ3n) is 2.43. The third-order valence-corrected chi connectivity index (χ3v) is 2.43. The van der Waals surface area contributed by atoms with Crippen molar-refractivity contribution in [2.75, 3.05) is 0 Å². The minimum Gasteiger partial charge on any atom is -0.392 e. The summed E-state index contributed by atoms with van der Waals surface area (Å²) in [5.41, 5.74) is 4.53. The molecule has 0 radical (unpaired) electrons. The molecule has 0 amide bonds. The van der Waals surface area contributed by atoms with Gasteiger partial charge in [-0.1, -0.05) is 6.07 Å². The smallest absolute Gasteiger partial charge is 0.0703 e. The highest BCUT2D eigenvalue weighted by molar-refractivity contribution is 5.62. The molecule has 0 atom stereocenters. The summed E-state index contributed by atoms with van der Waals surface area (Å²) >= 11 is 0. The summed E-state index contributed by atoms with van der Waals surface area (Å²) in [7, 11) is 0. The van der Waals surface area contributed by atoms with Crippen molar-refractivity contribution in [1.29, 1.82) is 0 Å². The Kier molecular flexibility index (Phi) is 1.85. The number of nitrogens with zero attached hydrogens (tertiary/aromatic N) is 1. The van der Waals surface area contributed by atoms with Crippen LogP contribution in [0.5, 0.6) is 0 Å². The molecule has 0 aromatic carbocycles. The second-order valence-electron chi connectivity index (χ2n) is 3.38. The van der Waals surface area contributed by atoms with Gasteiger partial charge in [0.15, 0.2) is 0 Å². The van der Waals surface area contributed by atoms with E-state index in [4.69, 9.17) is 5.11 Å². The normalized spacial score (nSPS) is 11.0. The van der Waals surface area contributed by atoms with E-state index in [0.29, 0.717) is 0 Å². The van der Waals surface area contributed by atoms with Gasteiger partial charge in [-0.15, -0.1) is 0 Å². The summed E-state index contributed by atoms with van der Waals surface area (Å²) in [5, 5.41) is 9.16. The van der Waals surface area contributed by atoms with Gasteiger partial charge in [-0.3, -0.25) is 0 Å². The van der Waals surface area contributed by atoms with Gasteiger partial charge in [-0.05, 0) is 31.5 Å². The number of aliphatic hydroxyl groups excluding tert-OH is 1. The minimum absolute atomic E-state index is 0.113. The van der Waals surface area contributed by atoms with E-state index < -0.39 is 0 Å². The average Bonchev–Trinajstić information content (AvgIpc) is 2.45. The SMILES string of the molecule is Cc1cccn2c(C)cc(CO)c12. The molecule has 2 heteroatoms. The van der Waals surface area contributed by atoms with Gasteiger partial charge in [0.05, 0.1) is 12.1 Å². The van der Waals surface area contributed by atoms with Crippen molar-refractivity contribution < 1.29 is 5.11 Å². The largest absolute Gasteiger partial charge is 0.392 e. The Labute approximate surface area is 77.4 Å². The molecule has 0 fully saturated rings. The van der Waals surface area contributed by atoms with Gasteiger partial charge < -0.3 is 9.51 Å². The van der Waals surface area contributed by atoms with Crippen molar-refractivity contribution in [2.45, 2.75) is 20.5 Å². The Morgan fingerprint density at radius 2 is 2.15 bits per heavy atom. The van der Waals surface area contributed by atoms with Crippen molar-refractivity contribution in [2.24, 2.45) is 0 Å². The Morgan fingerprint density at radius 1 is 1.38 bits per heavy atom. The molecule has 2 aromatic rings. The van der Waals surface area contributed by atoms with Crippen LogP contribution in [0.4, 0.5) is 0 Å². The van der Waals surface area contributed by atoms with Gasteiger partial charge in [0.1, 0.15) is 0 Å². The molecule has 13 heavy (non-hydrogen) atoms. The molecule has 0 saturated carbocycles. The maximum atomic E-state index is 9.16. The number of pyridine rings is 1. The van der Waals surface area contributed by atoms with Crippen LogP contribution in [-0.4, -0.2) is 9.51 Å². The topological polar surface area (TPSA) is 24.6 Å². The maximum Gasteiger partial charge on any atom is 0.0703 e. The highest BCUT2D eigenvalue weighted by Gasteiger charge is 2.06. The van der Waals surface area contributed by atoms with Crippen molar-refractivity contribution in [3.8, 4) is 0 Å². The average molecular weight is 175 g/mol. The maximum absolute atomic E-state index is 9.16. The second-order valence-corrected chi connectivity index (χ2v) is 3.38. The molecule has 0 bridgehead atoms. The lowest BCUT2D eigenvalue weighted by molar-refractivity contribution is 0.283. The Hall–Kier alpha value is -1.28. The summed E-state index contributed by atoms with van der Waals surface area (Å²) in [6.45, 7) is 4.22. The molecule has 2 nitrogen and oxygen atoms in total. The molecule has 1 N–H and O–H groups in total. The van der Waals surface area contributed by atoms with Crippen LogP contribution in [0.2, 0.25) is 0 Å². The number of aromatic nitrogens is 1. The molecule has 0 saturated heterocycles. The lowest BCUT2D eigenvalue weighted by atomic mass is 10.2. The lowest BCUT2D eigenvalue weighted by Gasteiger charge is -2.01.